The molecule has 0 aliphatic carbocycles. The van der Waals surface area contributed by atoms with Crippen LogP contribution in [0.2, 0.25) is 0 Å². The lowest BCUT2D eigenvalue weighted by Crippen LogP contribution is -2.39. The van der Waals surface area contributed by atoms with E-state index in [9.17, 15) is 0 Å². The Morgan fingerprint density at radius 2 is 2.11 bits per heavy atom. The van der Waals surface area contributed by atoms with Crippen LogP contribution in [0.3, 0.4) is 0 Å². The van der Waals surface area contributed by atoms with Gasteiger partial charge in [0.1, 0.15) is 0 Å². The van der Waals surface area contributed by atoms with Crippen LogP contribution in [0.1, 0.15) is 33.6 Å². The predicted molar refractivity (Wildman–Crippen MR) is 83.3 cm³/mol. The highest BCUT2D eigenvalue weighted by atomic mass is 32.1. The minimum Gasteiger partial charge on any atom is -0.330 e. The number of thiol groups is 1. The van der Waals surface area contributed by atoms with Gasteiger partial charge in [-0.2, -0.15) is 12.6 Å². The fraction of sp³-hybridized carbons (Fsp3) is 1.00. The molecule has 1 heterocycles. The maximum atomic E-state index is 5.64. The van der Waals surface area contributed by atoms with E-state index < -0.39 is 0 Å². The Labute approximate surface area is 118 Å². The molecule has 1 unspecified atom stereocenters. The number of nitrogens with zero attached hydrogens (tertiary/aromatic N) is 1. The van der Waals surface area contributed by atoms with Gasteiger partial charge in [0.15, 0.2) is 0 Å². The van der Waals surface area contributed by atoms with Crippen molar-refractivity contribution in [1.82, 2.24) is 10.2 Å². The van der Waals surface area contributed by atoms with Crippen molar-refractivity contribution in [1.29, 1.82) is 0 Å². The topological polar surface area (TPSA) is 41.3 Å². The van der Waals surface area contributed by atoms with Crippen molar-refractivity contribution in [3.05, 3.63) is 0 Å². The smallest absolute Gasteiger partial charge is 0.0224 e. The van der Waals surface area contributed by atoms with Crippen LogP contribution in [-0.2, 0) is 0 Å². The molecule has 1 rings (SSSR count). The Bertz CT molecular complexity index is 228. The van der Waals surface area contributed by atoms with E-state index in [1.165, 1.54) is 13.0 Å². The number of hydrogen-bond donors (Lipinski definition) is 3. The first-order valence-electron chi connectivity index (χ1n) is 7.24. The van der Waals surface area contributed by atoms with Gasteiger partial charge in [0.25, 0.3) is 0 Å². The van der Waals surface area contributed by atoms with Crippen molar-refractivity contribution in [3.8, 4) is 0 Å². The van der Waals surface area contributed by atoms with E-state index in [2.05, 4.69) is 43.6 Å². The molecular weight excluding hydrogens is 242 g/mol. The molecule has 4 heteroatoms. The number of likely N-dealkylation sites (tertiary alicyclic amines) is 1. The first-order valence-corrected chi connectivity index (χ1v) is 7.88. The highest BCUT2D eigenvalue weighted by Gasteiger charge is 2.37. The first-order chi connectivity index (χ1) is 8.49. The number of rotatable bonds is 7. The standard InChI is InChI=1S/C14H31N3S/c1-14(2,3)12-9-13(10-16-6-8-18)17(11-12)7-4-5-15/h12-13,16,18H,4-11,15H2,1-3H3/t12?,13-/m0/s1. The number of nitrogens with one attached hydrogen (secondary N) is 1. The van der Waals surface area contributed by atoms with Crippen LogP contribution in [0.15, 0.2) is 0 Å². The van der Waals surface area contributed by atoms with Gasteiger partial charge in [0.2, 0.25) is 0 Å². The molecule has 0 aromatic rings. The molecule has 2 atom stereocenters. The molecule has 1 fully saturated rings. The van der Waals surface area contributed by atoms with Gasteiger partial charge >= 0.3 is 0 Å². The van der Waals surface area contributed by atoms with Gasteiger partial charge < -0.3 is 11.1 Å². The van der Waals surface area contributed by atoms with Crippen LogP contribution < -0.4 is 11.1 Å². The van der Waals surface area contributed by atoms with Crippen molar-refractivity contribution in [2.45, 2.75) is 39.7 Å². The monoisotopic (exact) mass is 273 g/mol. The van der Waals surface area contributed by atoms with E-state index in [0.29, 0.717) is 11.5 Å². The molecule has 108 valence electrons. The molecule has 1 aliphatic heterocycles. The summed E-state index contributed by atoms with van der Waals surface area (Å²) < 4.78 is 0. The van der Waals surface area contributed by atoms with Crippen LogP contribution in [0.4, 0.5) is 0 Å². The lowest BCUT2D eigenvalue weighted by Gasteiger charge is -2.27. The Kier molecular flexibility index (Phi) is 6.99. The van der Waals surface area contributed by atoms with E-state index >= 15 is 0 Å². The van der Waals surface area contributed by atoms with Crippen LogP contribution >= 0.6 is 12.6 Å². The van der Waals surface area contributed by atoms with Gasteiger partial charge in [-0.1, -0.05) is 20.8 Å². The normalized spacial score (nSPS) is 25.8. The lowest BCUT2D eigenvalue weighted by molar-refractivity contribution is 0.216. The molecule has 18 heavy (non-hydrogen) atoms. The summed E-state index contributed by atoms with van der Waals surface area (Å²) in [7, 11) is 0. The zero-order chi connectivity index (χ0) is 13.6. The van der Waals surface area contributed by atoms with Crippen molar-refractivity contribution < 1.29 is 0 Å². The quantitative estimate of drug-likeness (QED) is 0.487. The average molecular weight is 273 g/mol. The minimum atomic E-state index is 0.416. The first kappa shape index (κ1) is 16.3. The van der Waals surface area contributed by atoms with Crippen LogP contribution in [0, 0.1) is 11.3 Å². The Hall–Kier alpha value is 0.230. The number of hydrogen-bond acceptors (Lipinski definition) is 4. The summed E-state index contributed by atoms with van der Waals surface area (Å²) in [5.74, 6) is 1.72. The SMILES string of the molecule is CC(C)(C)C1C[C@@H](CNCCS)N(CCCN)C1. The average Bonchev–Trinajstić information content (AvgIpc) is 2.70. The molecule has 0 radical (unpaired) electrons. The molecule has 0 bridgehead atoms. The van der Waals surface area contributed by atoms with E-state index in [1.54, 1.807) is 0 Å². The molecule has 1 saturated heterocycles. The fourth-order valence-electron chi connectivity index (χ4n) is 2.74. The van der Waals surface area contributed by atoms with Crippen LogP contribution in [0.5, 0.6) is 0 Å². The summed E-state index contributed by atoms with van der Waals surface area (Å²) in [6.45, 7) is 12.4. The molecule has 0 spiro atoms. The molecule has 3 N–H and O–H groups in total. The Morgan fingerprint density at radius 1 is 1.39 bits per heavy atom. The summed E-state index contributed by atoms with van der Waals surface area (Å²) in [5.41, 5.74) is 6.06. The van der Waals surface area contributed by atoms with Crippen molar-refractivity contribution in [2.24, 2.45) is 17.1 Å². The van der Waals surface area contributed by atoms with Crippen LogP contribution in [-0.4, -0.2) is 49.4 Å². The molecule has 3 nitrogen and oxygen atoms in total. The third kappa shape index (κ3) is 5.08. The summed E-state index contributed by atoms with van der Waals surface area (Å²) in [4.78, 5) is 2.63. The lowest BCUT2D eigenvalue weighted by atomic mass is 9.79. The zero-order valence-electron chi connectivity index (χ0n) is 12.3. The molecule has 0 aromatic heterocycles. The van der Waals surface area contributed by atoms with Gasteiger partial charge in [-0.3, -0.25) is 4.90 Å². The van der Waals surface area contributed by atoms with E-state index in [0.717, 1.165) is 44.3 Å². The summed E-state index contributed by atoms with van der Waals surface area (Å²) >= 11 is 4.25. The second kappa shape index (κ2) is 7.73. The van der Waals surface area contributed by atoms with Gasteiger partial charge in [-0.15, -0.1) is 0 Å². The van der Waals surface area contributed by atoms with Gasteiger partial charge in [-0.05, 0) is 37.3 Å². The molecular formula is C14H31N3S. The van der Waals surface area contributed by atoms with E-state index in [1.807, 2.05) is 0 Å². The molecule has 1 aliphatic rings. The minimum absolute atomic E-state index is 0.416. The third-order valence-electron chi connectivity index (χ3n) is 4.07. The van der Waals surface area contributed by atoms with Gasteiger partial charge in [0.05, 0.1) is 0 Å². The Balaban J connectivity index is 2.49. The van der Waals surface area contributed by atoms with Crippen LogP contribution in [0.25, 0.3) is 0 Å². The molecule has 0 amide bonds. The highest BCUT2D eigenvalue weighted by Crippen LogP contribution is 2.36. The second-order valence-corrected chi connectivity index (χ2v) is 6.96. The van der Waals surface area contributed by atoms with Crippen molar-refractivity contribution >= 4 is 12.6 Å². The fourth-order valence-corrected chi connectivity index (χ4v) is 2.90. The summed E-state index contributed by atoms with van der Waals surface area (Å²) in [5, 5.41) is 3.51. The largest absolute Gasteiger partial charge is 0.330 e. The van der Waals surface area contributed by atoms with Gasteiger partial charge in [-0.25, -0.2) is 0 Å². The maximum absolute atomic E-state index is 5.64. The highest BCUT2D eigenvalue weighted by molar-refractivity contribution is 7.80. The maximum Gasteiger partial charge on any atom is 0.0224 e. The number of nitrogens with two attached hydrogens (primary N) is 1. The third-order valence-corrected chi connectivity index (χ3v) is 4.29. The van der Waals surface area contributed by atoms with E-state index in [4.69, 9.17) is 5.73 Å². The molecule has 0 aromatic carbocycles. The van der Waals surface area contributed by atoms with Crippen molar-refractivity contribution in [3.63, 3.8) is 0 Å². The summed E-state index contributed by atoms with van der Waals surface area (Å²) in [6.07, 6.45) is 2.42. The Morgan fingerprint density at radius 3 is 2.67 bits per heavy atom. The van der Waals surface area contributed by atoms with Crippen molar-refractivity contribution in [2.75, 3.05) is 38.5 Å². The predicted octanol–water partition coefficient (Wildman–Crippen LogP) is 1.59. The molecule has 0 saturated carbocycles. The van der Waals surface area contributed by atoms with E-state index in [-0.39, 0.29) is 0 Å². The second-order valence-electron chi connectivity index (χ2n) is 6.52. The van der Waals surface area contributed by atoms with Gasteiger partial charge in [0, 0.05) is 31.4 Å². The summed E-state index contributed by atoms with van der Waals surface area (Å²) in [6, 6.07) is 0.681. The zero-order valence-corrected chi connectivity index (χ0v) is 13.2.